The van der Waals surface area contributed by atoms with E-state index in [1.54, 1.807) is 22.7 Å². The first-order chi connectivity index (χ1) is 10.6. The van der Waals surface area contributed by atoms with Gasteiger partial charge in [-0.1, -0.05) is 13.8 Å². The normalized spacial score (nSPS) is 11.4. The van der Waals surface area contributed by atoms with Crippen LogP contribution in [-0.4, -0.2) is 22.5 Å². The molecule has 2 N–H and O–H groups in total. The van der Waals surface area contributed by atoms with Crippen molar-refractivity contribution in [3.63, 3.8) is 0 Å². The van der Waals surface area contributed by atoms with Crippen LogP contribution in [0.25, 0.3) is 0 Å². The van der Waals surface area contributed by atoms with Crippen molar-refractivity contribution in [1.29, 1.82) is 0 Å². The van der Waals surface area contributed by atoms with Gasteiger partial charge in [-0.2, -0.15) is 0 Å². The molecule has 0 saturated carbocycles. The number of guanidine groups is 1. The van der Waals surface area contributed by atoms with Crippen molar-refractivity contribution in [2.45, 2.75) is 46.7 Å². The van der Waals surface area contributed by atoms with Crippen LogP contribution in [0, 0.1) is 6.92 Å². The molecule has 2 heterocycles. The SMILES string of the molecule is CCNC(=NCc1ncc(C)s1)NCc1nc(C(C)C)cs1.I. The van der Waals surface area contributed by atoms with Gasteiger partial charge < -0.3 is 10.6 Å². The summed E-state index contributed by atoms with van der Waals surface area (Å²) in [6.45, 7) is 10.6. The zero-order valence-electron chi connectivity index (χ0n) is 13.9. The molecule has 0 aliphatic rings. The Bertz CT molecular complexity index is 621. The second kappa shape index (κ2) is 10.2. The zero-order chi connectivity index (χ0) is 15.9. The molecular weight excluding hydrogens is 441 g/mol. The molecule has 0 amide bonds. The lowest BCUT2D eigenvalue weighted by atomic mass is 10.2. The van der Waals surface area contributed by atoms with Crippen molar-refractivity contribution in [3.8, 4) is 0 Å². The van der Waals surface area contributed by atoms with E-state index in [4.69, 9.17) is 0 Å². The summed E-state index contributed by atoms with van der Waals surface area (Å²) in [6, 6.07) is 0. The number of aromatic nitrogens is 2. The molecular formula is C15H24IN5S2. The van der Waals surface area contributed by atoms with Crippen LogP contribution in [0.3, 0.4) is 0 Å². The molecule has 128 valence electrons. The minimum Gasteiger partial charge on any atom is -0.357 e. The summed E-state index contributed by atoms with van der Waals surface area (Å²) in [5.41, 5.74) is 1.15. The molecule has 8 heteroatoms. The number of hydrogen-bond donors (Lipinski definition) is 2. The molecule has 0 spiro atoms. The molecule has 5 nitrogen and oxygen atoms in total. The summed E-state index contributed by atoms with van der Waals surface area (Å²) in [4.78, 5) is 14.7. The first-order valence-corrected chi connectivity index (χ1v) is 9.16. The van der Waals surface area contributed by atoms with Gasteiger partial charge in [0.15, 0.2) is 5.96 Å². The van der Waals surface area contributed by atoms with E-state index < -0.39 is 0 Å². The third-order valence-electron chi connectivity index (χ3n) is 2.95. The summed E-state index contributed by atoms with van der Waals surface area (Å²) in [7, 11) is 0. The standard InChI is InChI=1S/C15H23N5S2.HI/c1-5-16-15(18-7-13-17-6-11(4)22-13)19-8-14-20-12(9-21-14)10(2)3;/h6,9-10H,5,7-8H2,1-4H3,(H2,16,18,19);1H. The number of thiazole rings is 2. The van der Waals surface area contributed by atoms with Crippen molar-refractivity contribution in [2.75, 3.05) is 6.54 Å². The van der Waals surface area contributed by atoms with E-state index in [1.165, 1.54) is 4.88 Å². The molecule has 0 aliphatic carbocycles. The van der Waals surface area contributed by atoms with Gasteiger partial charge in [-0.15, -0.1) is 46.7 Å². The van der Waals surface area contributed by atoms with Crippen LogP contribution in [0.5, 0.6) is 0 Å². The smallest absolute Gasteiger partial charge is 0.192 e. The molecule has 0 unspecified atom stereocenters. The van der Waals surface area contributed by atoms with Gasteiger partial charge in [-0.3, -0.25) is 0 Å². The van der Waals surface area contributed by atoms with Gasteiger partial charge in [-0.05, 0) is 19.8 Å². The molecule has 0 fully saturated rings. The lowest BCUT2D eigenvalue weighted by Gasteiger charge is -2.09. The number of hydrogen-bond acceptors (Lipinski definition) is 5. The Kier molecular flexibility index (Phi) is 9.00. The van der Waals surface area contributed by atoms with E-state index in [9.17, 15) is 0 Å². The van der Waals surface area contributed by atoms with Crippen molar-refractivity contribution < 1.29 is 0 Å². The first kappa shape index (κ1) is 20.3. The average molecular weight is 465 g/mol. The molecule has 0 atom stereocenters. The van der Waals surface area contributed by atoms with Crippen molar-refractivity contribution in [2.24, 2.45) is 4.99 Å². The number of halogens is 1. The number of rotatable bonds is 6. The monoisotopic (exact) mass is 465 g/mol. The third kappa shape index (κ3) is 6.72. The molecule has 0 bridgehead atoms. The second-order valence-corrected chi connectivity index (χ2v) is 7.50. The Balaban J connectivity index is 0.00000264. The fourth-order valence-electron chi connectivity index (χ4n) is 1.79. The predicted molar refractivity (Wildman–Crippen MR) is 110 cm³/mol. The highest BCUT2D eigenvalue weighted by atomic mass is 127. The molecule has 0 saturated heterocycles. The van der Waals surface area contributed by atoms with Gasteiger partial charge in [0.2, 0.25) is 0 Å². The molecule has 23 heavy (non-hydrogen) atoms. The molecule has 0 aromatic carbocycles. The van der Waals surface area contributed by atoms with E-state index in [0.29, 0.717) is 19.0 Å². The van der Waals surface area contributed by atoms with Gasteiger partial charge in [0.25, 0.3) is 0 Å². The lowest BCUT2D eigenvalue weighted by Crippen LogP contribution is -2.36. The van der Waals surface area contributed by atoms with Crippen LogP contribution >= 0.6 is 46.7 Å². The highest BCUT2D eigenvalue weighted by molar-refractivity contribution is 14.0. The van der Waals surface area contributed by atoms with Gasteiger partial charge in [-0.25, -0.2) is 15.0 Å². The first-order valence-electron chi connectivity index (χ1n) is 7.46. The summed E-state index contributed by atoms with van der Waals surface area (Å²) in [6.07, 6.45) is 1.89. The Morgan fingerprint density at radius 3 is 2.65 bits per heavy atom. The van der Waals surface area contributed by atoms with E-state index in [1.807, 2.05) is 6.20 Å². The Hall–Kier alpha value is -0.740. The van der Waals surface area contributed by atoms with E-state index in [0.717, 1.165) is 28.2 Å². The lowest BCUT2D eigenvalue weighted by molar-refractivity contribution is 0.787. The van der Waals surface area contributed by atoms with Gasteiger partial charge >= 0.3 is 0 Å². The van der Waals surface area contributed by atoms with Crippen LogP contribution in [0.2, 0.25) is 0 Å². The van der Waals surface area contributed by atoms with Crippen molar-refractivity contribution in [3.05, 3.63) is 32.2 Å². The van der Waals surface area contributed by atoms with Gasteiger partial charge in [0, 0.05) is 23.0 Å². The van der Waals surface area contributed by atoms with Crippen LogP contribution < -0.4 is 10.6 Å². The molecule has 2 aromatic rings. The van der Waals surface area contributed by atoms with Crippen molar-refractivity contribution in [1.82, 2.24) is 20.6 Å². The van der Waals surface area contributed by atoms with E-state index >= 15 is 0 Å². The van der Waals surface area contributed by atoms with Crippen LogP contribution in [-0.2, 0) is 13.1 Å². The van der Waals surface area contributed by atoms with E-state index in [2.05, 4.69) is 58.7 Å². The summed E-state index contributed by atoms with van der Waals surface area (Å²) < 4.78 is 0. The highest BCUT2D eigenvalue weighted by Crippen LogP contribution is 2.17. The molecule has 2 rings (SSSR count). The number of aliphatic imine (C=N–C) groups is 1. The number of aryl methyl sites for hydroxylation is 1. The van der Waals surface area contributed by atoms with Crippen LogP contribution in [0.4, 0.5) is 0 Å². The fraction of sp³-hybridized carbons (Fsp3) is 0.533. The third-order valence-corrected chi connectivity index (χ3v) is 4.72. The maximum atomic E-state index is 4.63. The number of nitrogens with one attached hydrogen (secondary N) is 2. The van der Waals surface area contributed by atoms with Crippen molar-refractivity contribution >= 4 is 52.6 Å². The molecule has 0 radical (unpaired) electrons. The summed E-state index contributed by atoms with van der Waals surface area (Å²) in [5.74, 6) is 1.27. The van der Waals surface area contributed by atoms with E-state index in [-0.39, 0.29) is 24.0 Å². The van der Waals surface area contributed by atoms with Crippen LogP contribution in [0.1, 0.15) is 47.3 Å². The molecule has 2 aromatic heterocycles. The summed E-state index contributed by atoms with van der Waals surface area (Å²) >= 11 is 3.37. The second-order valence-electron chi connectivity index (χ2n) is 5.23. The largest absolute Gasteiger partial charge is 0.357 e. The molecule has 0 aliphatic heterocycles. The fourth-order valence-corrected chi connectivity index (χ4v) is 3.40. The minimum atomic E-state index is 0. The maximum absolute atomic E-state index is 4.63. The average Bonchev–Trinajstić information content (AvgIpc) is 3.11. The maximum Gasteiger partial charge on any atom is 0.192 e. The quantitative estimate of drug-likeness (QED) is 0.386. The highest BCUT2D eigenvalue weighted by Gasteiger charge is 2.06. The topological polar surface area (TPSA) is 62.2 Å². The Morgan fingerprint density at radius 2 is 2.09 bits per heavy atom. The number of nitrogens with zero attached hydrogens (tertiary/aromatic N) is 3. The Labute approximate surface area is 163 Å². The summed E-state index contributed by atoms with van der Waals surface area (Å²) in [5, 5.41) is 10.8. The van der Waals surface area contributed by atoms with Gasteiger partial charge in [0.05, 0.1) is 18.8 Å². The zero-order valence-corrected chi connectivity index (χ0v) is 17.9. The Morgan fingerprint density at radius 1 is 1.30 bits per heavy atom. The predicted octanol–water partition coefficient (Wildman–Crippen LogP) is 3.90. The van der Waals surface area contributed by atoms with Gasteiger partial charge in [0.1, 0.15) is 10.0 Å². The minimum absolute atomic E-state index is 0. The van der Waals surface area contributed by atoms with Crippen LogP contribution in [0.15, 0.2) is 16.6 Å².